The van der Waals surface area contributed by atoms with Gasteiger partial charge >= 0.3 is 0 Å². The molecule has 0 saturated carbocycles. The molecule has 28 heavy (non-hydrogen) atoms. The molecule has 10 heteroatoms. The van der Waals surface area contributed by atoms with Crippen molar-refractivity contribution in [3.63, 3.8) is 0 Å². The summed E-state index contributed by atoms with van der Waals surface area (Å²) in [4.78, 5) is 14.9. The fraction of sp³-hybridized carbons (Fsp3) is 0.944. The van der Waals surface area contributed by atoms with Gasteiger partial charge in [0.25, 0.3) is 0 Å². The number of carbonyl (C=O) groups is 1. The summed E-state index contributed by atoms with van der Waals surface area (Å²) in [5.41, 5.74) is -0.829. The van der Waals surface area contributed by atoms with Crippen LogP contribution < -0.4 is 5.32 Å². The number of halogens is 1. The molecule has 0 spiro atoms. The van der Waals surface area contributed by atoms with Gasteiger partial charge in [-0.15, -0.1) is 11.8 Å². The van der Waals surface area contributed by atoms with Gasteiger partial charge in [0.05, 0.1) is 6.04 Å². The van der Waals surface area contributed by atoms with Gasteiger partial charge in [-0.25, -0.2) is 0 Å². The van der Waals surface area contributed by atoms with E-state index in [4.69, 9.17) is 16.3 Å². The Kier molecular flexibility index (Phi) is 8.44. The fourth-order valence-corrected chi connectivity index (χ4v) is 4.99. The van der Waals surface area contributed by atoms with Crippen LogP contribution in [0.4, 0.5) is 0 Å². The van der Waals surface area contributed by atoms with Gasteiger partial charge in [0.1, 0.15) is 35.9 Å². The summed E-state index contributed by atoms with van der Waals surface area (Å²) < 4.78 is 5.70. The fourth-order valence-electron chi connectivity index (χ4n) is 4.14. The number of rotatable bonds is 7. The quantitative estimate of drug-likeness (QED) is 0.342. The molecule has 0 bridgehead atoms. The second-order valence-corrected chi connectivity index (χ2v) is 9.73. The lowest BCUT2D eigenvalue weighted by Gasteiger charge is -2.45. The minimum Gasteiger partial charge on any atom is -0.388 e. The Morgan fingerprint density at radius 2 is 2.00 bits per heavy atom. The Balaban J connectivity index is 2.17. The molecule has 0 aromatic rings. The van der Waals surface area contributed by atoms with Gasteiger partial charge in [-0.2, -0.15) is 0 Å². The summed E-state index contributed by atoms with van der Waals surface area (Å²) in [6.45, 7) is 4.22. The third kappa shape index (κ3) is 5.31. The minimum atomic E-state index is -1.94. The molecule has 2 saturated heterocycles. The third-order valence-corrected chi connectivity index (χ3v) is 6.76. The highest BCUT2D eigenvalue weighted by atomic mass is 35.5. The predicted molar refractivity (Wildman–Crippen MR) is 108 cm³/mol. The molecule has 2 rings (SSSR count). The van der Waals surface area contributed by atoms with Crippen molar-refractivity contribution in [1.82, 2.24) is 10.2 Å². The van der Waals surface area contributed by atoms with Crippen LogP contribution in [0.25, 0.3) is 0 Å². The lowest BCUT2D eigenvalue weighted by molar-refractivity contribution is -0.213. The van der Waals surface area contributed by atoms with Crippen LogP contribution in [0, 0.1) is 5.92 Å². The van der Waals surface area contributed by atoms with Crippen molar-refractivity contribution >= 4 is 29.3 Å². The smallest absolute Gasteiger partial charge is 0.237 e. The number of nitrogens with one attached hydrogen (secondary N) is 1. The maximum Gasteiger partial charge on any atom is 0.237 e. The highest BCUT2D eigenvalue weighted by Crippen LogP contribution is 2.33. The molecule has 2 fully saturated rings. The number of hydrogen-bond donors (Lipinski definition) is 5. The van der Waals surface area contributed by atoms with E-state index in [9.17, 15) is 25.2 Å². The normalized spacial score (nSPS) is 40.1. The van der Waals surface area contributed by atoms with Crippen molar-refractivity contribution in [3.8, 4) is 0 Å². The largest absolute Gasteiger partial charge is 0.388 e. The highest BCUT2D eigenvalue weighted by molar-refractivity contribution is 7.99. The van der Waals surface area contributed by atoms with Crippen molar-refractivity contribution in [1.29, 1.82) is 0 Å². The van der Waals surface area contributed by atoms with E-state index in [1.54, 1.807) is 6.26 Å². The van der Waals surface area contributed by atoms with E-state index in [2.05, 4.69) is 12.2 Å². The molecule has 0 aliphatic carbocycles. The molecule has 164 valence electrons. The summed E-state index contributed by atoms with van der Waals surface area (Å²) in [5.74, 6) is 0.110. The number of likely N-dealkylation sites (N-methyl/N-ethyl adjacent to an activating group) is 1. The van der Waals surface area contributed by atoms with Gasteiger partial charge in [-0.05, 0) is 39.0 Å². The van der Waals surface area contributed by atoms with Crippen LogP contribution in [0.5, 0.6) is 0 Å². The number of likely N-dealkylation sites (tertiary alicyclic amines) is 1. The SMILES string of the molecule is CCC[C@@H]1C[C@@H](C(=O)N[C@@H]([C@H]2O[C@H](SC)[C@H](O)[C@@H](O)[C@H]2O)C(C)(O)Cl)N(C)C1. The van der Waals surface area contributed by atoms with Crippen LogP contribution in [0.2, 0.25) is 0 Å². The number of amides is 1. The summed E-state index contributed by atoms with van der Waals surface area (Å²) in [7, 11) is 1.88. The van der Waals surface area contributed by atoms with Gasteiger partial charge in [0.2, 0.25) is 5.91 Å². The van der Waals surface area contributed by atoms with Crippen LogP contribution in [-0.2, 0) is 9.53 Å². The van der Waals surface area contributed by atoms with Gasteiger partial charge in [0.15, 0.2) is 5.06 Å². The maximum atomic E-state index is 12.9. The van der Waals surface area contributed by atoms with Gasteiger partial charge in [0, 0.05) is 6.54 Å². The molecular formula is C18H33ClN2O6S. The van der Waals surface area contributed by atoms with Gasteiger partial charge in [-0.3, -0.25) is 9.69 Å². The average molecular weight is 441 g/mol. The topological polar surface area (TPSA) is 122 Å². The number of hydrogen-bond acceptors (Lipinski definition) is 8. The first-order valence-electron chi connectivity index (χ1n) is 9.65. The van der Waals surface area contributed by atoms with Crippen LogP contribution in [0.1, 0.15) is 33.1 Å². The first kappa shape index (κ1) is 24.1. The van der Waals surface area contributed by atoms with Crippen LogP contribution in [-0.4, -0.2) is 98.1 Å². The summed E-state index contributed by atoms with van der Waals surface area (Å²) in [6.07, 6.45) is -1.03. The lowest BCUT2D eigenvalue weighted by Crippen LogP contribution is -2.67. The maximum absolute atomic E-state index is 12.9. The Labute approximate surface area is 175 Å². The van der Waals surface area contributed by atoms with Crippen molar-refractivity contribution in [2.24, 2.45) is 5.92 Å². The Hall–Kier alpha value is -0.130. The molecule has 0 aromatic heterocycles. The molecule has 2 heterocycles. The molecule has 9 atom stereocenters. The van der Waals surface area contributed by atoms with E-state index in [-0.39, 0.29) is 11.9 Å². The van der Waals surface area contributed by atoms with E-state index in [1.165, 1.54) is 6.92 Å². The van der Waals surface area contributed by atoms with E-state index in [1.807, 2.05) is 11.9 Å². The predicted octanol–water partition coefficient (Wildman–Crippen LogP) is -0.290. The number of aliphatic hydroxyl groups is 4. The Morgan fingerprint density at radius 3 is 2.54 bits per heavy atom. The number of aliphatic hydroxyl groups excluding tert-OH is 3. The molecule has 0 aromatic carbocycles. The molecule has 2 aliphatic rings. The molecular weight excluding hydrogens is 408 g/mol. The standard InChI is InChI=1S/C18H33ClN2O6S/c1-5-6-9-7-10(21(3)8-9)16(25)20-15(18(2,19)26)14-12(23)11(22)13(24)17(27-14)28-4/h9-15,17,22-24,26H,5-8H2,1-4H3,(H,20,25)/t9-,10+,11+,12-,13-,14+,15+,17-,18?/m1/s1. The number of alkyl halides is 1. The van der Waals surface area contributed by atoms with Crippen LogP contribution >= 0.6 is 23.4 Å². The molecule has 8 nitrogen and oxygen atoms in total. The molecule has 0 radical (unpaired) electrons. The zero-order chi connectivity index (χ0) is 21.2. The first-order chi connectivity index (χ1) is 13.0. The average Bonchev–Trinajstić information content (AvgIpc) is 2.98. The zero-order valence-electron chi connectivity index (χ0n) is 16.8. The van der Waals surface area contributed by atoms with E-state index >= 15 is 0 Å². The number of ether oxygens (including phenoxy) is 1. The number of thioether (sulfide) groups is 1. The number of nitrogens with zero attached hydrogens (tertiary/aromatic N) is 1. The number of carbonyl (C=O) groups excluding carboxylic acids is 1. The summed E-state index contributed by atoms with van der Waals surface area (Å²) in [6, 6.07) is -1.56. The van der Waals surface area contributed by atoms with Crippen molar-refractivity contribution in [3.05, 3.63) is 0 Å². The molecule has 1 amide bonds. The third-order valence-electron chi connectivity index (χ3n) is 5.67. The molecule has 2 aliphatic heterocycles. The van der Waals surface area contributed by atoms with E-state index in [0.29, 0.717) is 12.3 Å². The monoisotopic (exact) mass is 440 g/mol. The Bertz CT molecular complexity index is 535. The molecule has 1 unspecified atom stereocenters. The minimum absolute atomic E-state index is 0.316. The second-order valence-electron chi connectivity index (χ2n) is 8.03. The zero-order valence-corrected chi connectivity index (χ0v) is 18.4. The van der Waals surface area contributed by atoms with Crippen molar-refractivity contribution in [2.75, 3.05) is 19.8 Å². The highest BCUT2D eigenvalue weighted by Gasteiger charge is 2.51. The second kappa shape index (κ2) is 9.78. The Morgan fingerprint density at radius 1 is 1.36 bits per heavy atom. The van der Waals surface area contributed by atoms with Crippen LogP contribution in [0.15, 0.2) is 0 Å². The van der Waals surface area contributed by atoms with Crippen LogP contribution in [0.3, 0.4) is 0 Å². The lowest BCUT2D eigenvalue weighted by atomic mass is 9.91. The van der Waals surface area contributed by atoms with E-state index in [0.717, 1.165) is 31.1 Å². The summed E-state index contributed by atoms with van der Waals surface area (Å²) >= 11 is 7.28. The van der Waals surface area contributed by atoms with Gasteiger partial charge < -0.3 is 30.5 Å². The van der Waals surface area contributed by atoms with E-state index < -0.39 is 41.0 Å². The van der Waals surface area contributed by atoms with Gasteiger partial charge in [-0.1, -0.05) is 24.9 Å². The molecule has 5 N–H and O–H groups in total. The van der Waals surface area contributed by atoms with Crippen molar-refractivity contribution in [2.45, 2.75) is 80.1 Å². The van der Waals surface area contributed by atoms with Crippen molar-refractivity contribution < 1.29 is 30.0 Å². The summed E-state index contributed by atoms with van der Waals surface area (Å²) in [5, 5.41) is 41.9. The first-order valence-corrected chi connectivity index (χ1v) is 11.3.